The molecule has 0 unspecified atom stereocenters. The van der Waals surface area contributed by atoms with Crippen LogP contribution in [0.4, 0.5) is 0 Å². The zero-order valence-electron chi connectivity index (χ0n) is 15.6. The van der Waals surface area contributed by atoms with Gasteiger partial charge in [0.25, 0.3) is 0 Å². The zero-order valence-corrected chi connectivity index (χ0v) is 17.1. The fraction of sp³-hybridized carbons (Fsp3) is 0.600. The number of hydrogen-bond donors (Lipinski definition) is 1. The molecule has 1 aromatic rings. The lowest BCUT2D eigenvalue weighted by Gasteiger charge is -2.31. The lowest BCUT2D eigenvalue weighted by molar-refractivity contribution is -0.141. The molecule has 0 bridgehead atoms. The summed E-state index contributed by atoms with van der Waals surface area (Å²) in [4.78, 5) is 27.0. The number of nitrogens with zero attached hydrogens (tertiary/aromatic N) is 1. The van der Waals surface area contributed by atoms with Gasteiger partial charge in [0.05, 0.1) is 0 Å². The predicted octanol–water partition coefficient (Wildman–Crippen LogP) is 4.96. The van der Waals surface area contributed by atoms with Gasteiger partial charge in [0, 0.05) is 29.1 Å². The Labute approximate surface area is 166 Å². The van der Waals surface area contributed by atoms with E-state index in [2.05, 4.69) is 5.32 Å². The van der Waals surface area contributed by atoms with E-state index in [4.69, 9.17) is 23.2 Å². The van der Waals surface area contributed by atoms with Crippen molar-refractivity contribution in [3.8, 4) is 0 Å². The first-order valence-corrected chi connectivity index (χ1v) is 10.2. The van der Waals surface area contributed by atoms with E-state index in [0.717, 1.165) is 37.7 Å². The minimum absolute atomic E-state index is 0.0372. The van der Waals surface area contributed by atoms with Crippen molar-refractivity contribution in [2.24, 2.45) is 0 Å². The lowest BCUT2D eigenvalue weighted by atomic mass is 9.95. The number of hydrogen-bond acceptors (Lipinski definition) is 2. The zero-order chi connectivity index (χ0) is 19.1. The summed E-state index contributed by atoms with van der Waals surface area (Å²) in [7, 11) is 0. The minimum atomic E-state index is -0.539. The van der Waals surface area contributed by atoms with Crippen LogP contribution in [0.3, 0.4) is 0 Å². The quantitative estimate of drug-likeness (QED) is 0.705. The van der Waals surface area contributed by atoms with Gasteiger partial charge in [0.1, 0.15) is 6.04 Å². The van der Waals surface area contributed by atoms with Crippen LogP contribution in [0.2, 0.25) is 10.0 Å². The van der Waals surface area contributed by atoms with Crippen LogP contribution in [0.15, 0.2) is 18.2 Å². The van der Waals surface area contributed by atoms with E-state index in [0.29, 0.717) is 23.0 Å². The van der Waals surface area contributed by atoms with Crippen molar-refractivity contribution in [1.82, 2.24) is 10.2 Å². The highest BCUT2D eigenvalue weighted by atomic mass is 35.5. The first-order chi connectivity index (χ1) is 12.4. The second kappa shape index (κ2) is 10.2. The highest BCUT2D eigenvalue weighted by Gasteiger charge is 2.28. The Morgan fingerprint density at radius 3 is 2.54 bits per heavy atom. The molecular weight excluding hydrogens is 371 g/mol. The average molecular weight is 399 g/mol. The van der Waals surface area contributed by atoms with E-state index in [-0.39, 0.29) is 17.9 Å². The summed E-state index contributed by atoms with van der Waals surface area (Å²) in [5.41, 5.74) is 0.790. The first kappa shape index (κ1) is 21.0. The molecule has 1 aliphatic carbocycles. The van der Waals surface area contributed by atoms with E-state index in [1.165, 1.54) is 6.42 Å². The molecule has 0 aliphatic heterocycles. The van der Waals surface area contributed by atoms with Crippen LogP contribution < -0.4 is 5.32 Å². The van der Waals surface area contributed by atoms with Gasteiger partial charge in [0.2, 0.25) is 11.8 Å². The molecule has 1 saturated carbocycles. The van der Waals surface area contributed by atoms with Crippen LogP contribution in [-0.2, 0) is 16.1 Å². The van der Waals surface area contributed by atoms with Gasteiger partial charge in [-0.05, 0) is 43.9 Å². The standard InChI is InChI=1S/C20H28Cl2N2O2/c1-3-7-19(25)24(13-15-10-11-16(21)12-18(15)22)14(2)20(26)23-17-8-5-4-6-9-17/h10-12,14,17H,3-9,13H2,1-2H3,(H,23,26)/t14-/m0/s1. The molecular formula is C20H28Cl2N2O2. The maximum atomic E-state index is 12.7. The van der Waals surface area contributed by atoms with E-state index in [1.54, 1.807) is 24.0 Å². The van der Waals surface area contributed by atoms with Crippen LogP contribution in [0.25, 0.3) is 0 Å². The summed E-state index contributed by atoms with van der Waals surface area (Å²) in [5.74, 6) is -0.128. The van der Waals surface area contributed by atoms with Gasteiger partial charge in [-0.1, -0.05) is 55.5 Å². The number of carbonyl (C=O) groups excluding carboxylic acids is 2. The van der Waals surface area contributed by atoms with Gasteiger partial charge in [-0.15, -0.1) is 0 Å². The molecule has 4 nitrogen and oxygen atoms in total. The summed E-state index contributed by atoms with van der Waals surface area (Å²) >= 11 is 12.2. The molecule has 144 valence electrons. The summed E-state index contributed by atoms with van der Waals surface area (Å²) < 4.78 is 0. The molecule has 0 heterocycles. The Morgan fingerprint density at radius 1 is 1.23 bits per heavy atom. The Kier molecular flexibility index (Phi) is 8.23. The molecule has 0 radical (unpaired) electrons. The largest absolute Gasteiger partial charge is 0.352 e. The van der Waals surface area contributed by atoms with Crippen molar-refractivity contribution >= 4 is 35.0 Å². The number of rotatable bonds is 7. The van der Waals surface area contributed by atoms with Gasteiger partial charge in [-0.2, -0.15) is 0 Å². The number of halogens is 2. The molecule has 1 aromatic carbocycles. The van der Waals surface area contributed by atoms with Gasteiger partial charge >= 0.3 is 0 Å². The van der Waals surface area contributed by atoms with Crippen LogP contribution in [0.1, 0.15) is 64.4 Å². The predicted molar refractivity (Wildman–Crippen MR) is 106 cm³/mol. The van der Waals surface area contributed by atoms with Crippen LogP contribution >= 0.6 is 23.2 Å². The van der Waals surface area contributed by atoms with Crippen molar-refractivity contribution in [3.63, 3.8) is 0 Å². The third kappa shape index (κ3) is 5.88. The van der Waals surface area contributed by atoms with E-state index in [1.807, 2.05) is 13.0 Å². The van der Waals surface area contributed by atoms with E-state index in [9.17, 15) is 9.59 Å². The fourth-order valence-corrected chi connectivity index (χ4v) is 3.81. The Hall–Kier alpha value is -1.26. The Morgan fingerprint density at radius 2 is 1.92 bits per heavy atom. The van der Waals surface area contributed by atoms with E-state index >= 15 is 0 Å². The number of benzene rings is 1. The van der Waals surface area contributed by atoms with E-state index < -0.39 is 6.04 Å². The topological polar surface area (TPSA) is 49.4 Å². The normalized spacial score (nSPS) is 16.2. The molecule has 26 heavy (non-hydrogen) atoms. The Balaban J connectivity index is 2.11. The van der Waals surface area contributed by atoms with Crippen molar-refractivity contribution < 1.29 is 9.59 Å². The molecule has 1 atom stereocenters. The van der Waals surface area contributed by atoms with Gasteiger partial charge < -0.3 is 10.2 Å². The summed E-state index contributed by atoms with van der Waals surface area (Å²) in [6, 6.07) is 4.90. The number of carbonyl (C=O) groups is 2. The monoisotopic (exact) mass is 398 g/mol. The minimum Gasteiger partial charge on any atom is -0.352 e. The van der Waals surface area contributed by atoms with Gasteiger partial charge in [-0.25, -0.2) is 0 Å². The summed E-state index contributed by atoms with van der Waals surface area (Å²) in [6.45, 7) is 4.04. The number of amides is 2. The maximum Gasteiger partial charge on any atom is 0.242 e. The highest BCUT2D eigenvalue weighted by Crippen LogP contribution is 2.24. The van der Waals surface area contributed by atoms with Gasteiger partial charge in [-0.3, -0.25) is 9.59 Å². The van der Waals surface area contributed by atoms with Crippen LogP contribution in [0.5, 0.6) is 0 Å². The van der Waals surface area contributed by atoms with Gasteiger partial charge in [0.15, 0.2) is 0 Å². The molecule has 0 saturated heterocycles. The number of nitrogens with one attached hydrogen (secondary N) is 1. The van der Waals surface area contributed by atoms with Crippen molar-refractivity contribution in [2.45, 2.75) is 77.4 Å². The average Bonchev–Trinajstić information content (AvgIpc) is 2.61. The fourth-order valence-electron chi connectivity index (χ4n) is 3.34. The van der Waals surface area contributed by atoms with Crippen molar-refractivity contribution in [2.75, 3.05) is 0 Å². The van der Waals surface area contributed by atoms with Crippen LogP contribution in [0, 0.1) is 0 Å². The Bertz CT molecular complexity index is 630. The molecule has 6 heteroatoms. The summed E-state index contributed by atoms with van der Waals surface area (Å²) in [6.07, 6.45) is 6.72. The van der Waals surface area contributed by atoms with Crippen molar-refractivity contribution in [3.05, 3.63) is 33.8 Å². The second-order valence-electron chi connectivity index (χ2n) is 7.03. The highest BCUT2D eigenvalue weighted by molar-refractivity contribution is 6.35. The molecule has 2 amide bonds. The third-order valence-corrected chi connectivity index (χ3v) is 5.53. The summed E-state index contributed by atoms with van der Waals surface area (Å²) in [5, 5.41) is 4.17. The lowest BCUT2D eigenvalue weighted by Crippen LogP contribution is -2.50. The molecule has 2 rings (SSSR count). The van der Waals surface area contributed by atoms with Crippen molar-refractivity contribution in [1.29, 1.82) is 0 Å². The molecule has 0 spiro atoms. The van der Waals surface area contributed by atoms with Crippen LogP contribution in [-0.4, -0.2) is 28.8 Å². The second-order valence-corrected chi connectivity index (χ2v) is 7.87. The SMILES string of the molecule is CCCC(=O)N(Cc1ccc(Cl)cc1Cl)[C@@H](C)C(=O)NC1CCCCC1. The molecule has 0 aromatic heterocycles. The molecule has 1 aliphatic rings. The maximum absolute atomic E-state index is 12.7. The smallest absolute Gasteiger partial charge is 0.242 e. The first-order valence-electron chi connectivity index (χ1n) is 9.46. The molecule has 1 N–H and O–H groups in total. The molecule has 1 fully saturated rings. The third-order valence-electron chi connectivity index (χ3n) is 4.94.